The van der Waals surface area contributed by atoms with Gasteiger partial charge in [0.1, 0.15) is 29.5 Å². The monoisotopic (exact) mass is 370 g/mol. The van der Waals surface area contributed by atoms with Gasteiger partial charge in [-0.1, -0.05) is 6.07 Å². The van der Waals surface area contributed by atoms with Gasteiger partial charge in [-0.15, -0.1) is 0 Å². The summed E-state index contributed by atoms with van der Waals surface area (Å²) in [6, 6.07) is 10.8. The van der Waals surface area contributed by atoms with E-state index in [1.165, 1.54) is 11.6 Å². The van der Waals surface area contributed by atoms with Gasteiger partial charge in [-0.2, -0.15) is 0 Å². The topological polar surface area (TPSA) is 70.8 Å². The molecule has 0 N–H and O–H groups in total. The van der Waals surface area contributed by atoms with Crippen molar-refractivity contribution in [3.05, 3.63) is 64.6 Å². The highest BCUT2D eigenvalue weighted by molar-refractivity contribution is 5.45. The van der Waals surface area contributed by atoms with Crippen LogP contribution in [0.15, 0.2) is 36.4 Å². The van der Waals surface area contributed by atoms with Crippen LogP contribution in [0.5, 0.6) is 17.2 Å². The van der Waals surface area contributed by atoms with E-state index >= 15 is 0 Å². The third kappa shape index (κ3) is 4.51. The molecular formula is C21H24NO5. The van der Waals surface area contributed by atoms with Crippen LogP contribution in [0, 0.1) is 24.0 Å². The predicted molar refractivity (Wildman–Crippen MR) is 103 cm³/mol. The fourth-order valence-corrected chi connectivity index (χ4v) is 3.27. The standard InChI is InChI=1S/C21H24NO5/c1-4-16(26-19-8-5-14(2)20(12-19)22(23)24)11-18-10-7-15-6-9-17(25-3)13-21(15)27-18/h5-6,8-9,12-13,16,18H,1,4,7,10-11H2,2-3H3. The molecule has 6 heteroatoms. The summed E-state index contributed by atoms with van der Waals surface area (Å²) >= 11 is 0. The number of rotatable bonds is 7. The van der Waals surface area contributed by atoms with Gasteiger partial charge in [-0.05, 0) is 56.9 Å². The SMILES string of the molecule is [CH2]CC(CC1CCc2ccc(OC)cc2O1)Oc1ccc(C)c([N+](=O)[O-])c1. The molecule has 0 saturated carbocycles. The predicted octanol–water partition coefficient (Wildman–Crippen LogP) is 4.67. The first-order chi connectivity index (χ1) is 13.0. The van der Waals surface area contributed by atoms with Crippen molar-refractivity contribution in [3.63, 3.8) is 0 Å². The van der Waals surface area contributed by atoms with E-state index in [0.717, 1.165) is 24.3 Å². The van der Waals surface area contributed by atoms with E-state index in [0.29, 0.717) is 24.2 Å². The average Bonchev–Trinajstić information content (AvgIpc) is 2.68. The van der Waals surface area contributed by atoms with Gasteiger partial charge in [0.05, 0.1) is 18.1 Å². The number of methoxy groups -OCH3 is 1. The Morgan fingerprint density at radius 1 is 1.30 bits per heavy atom. The number of hydrogen-bond donors (Lipinski definition) is 0. The van der Waals surface area contributed by atoms with Crippen LogP contribution < -0.4 is 14.2 Å². The Labute approximate surface area is 159 Å². The number of ether oxygens (including phenoxy) is 3. The second-order valence-corrected chi connectivity index (χ2v) is 6.72. The Hall–Kier alpha value is -2.76. The molecular weight excluding hydrogens is 346 g/mol. The number of benzene rings is 2. The molecule has 0 aromatic heterocycles. The Kier molecular flexibility index (Phi) is 5.84. The molecule has 2 unspecified atom stereocenters. The van der Waals surface area contributed by atoms with Crippen LogP contribution in [-0.4, -0.2) is 24.2 Å². The maximum Gasteiger partial charge on any atom is 0.276 e. The number of hydrogen-bond acceptors (Lipinski definition) is 5. The zero-order chi connectivity index (χ0) is 19.4. The first-order valence-electron chi connectivity index (χ1n) is 9.04. The molecule has 0 amide bonds. The summed E-state index contributed by atoms with van der Waals surface area (Å²) in [5.41, 5.74) is 1.85. The van der Waals surface area contributed by atoms with Crippen LogP contribution in [-0.2, 0) is 6.42 Å². The lowest BCUT2D eigenvalue weighted by Gasteiger charge is -2.29. The zero-order valence-electron chi connectivity index (χ0n) is 15.6. The van der Waals surface area contributed by atoms with Crippen molar-refractivity contribution >= 4 is 5.69 Å². The Morgan fingerprint density at radius 2 is 2.07 bits per heavy atom. The van der Waals surface area contributed by atoms with Gasteiger partial charge in [0.2, 0.25) is 0 Å². The second kappa shape index (κ2) is 8.29. The van der Waals surface area contributed by atoms with Gasteiger partial charge in [0.25, 0.3) is 5.69 Å². The minimum Gasteiger partial charge on any atom is -0.497 e. The first kappa shape index (κ1) is 19.0. The maximum atomic E-state index is 11.1. The van der Waals surface area contributed by atoms with Crippen molar-refractivity contribution in [1.82, 2.24) is 0 Å². The molecule has 6 nitrogen and oxygen atoms in total. The van der Waals surface area contributed by atoms with Crippen LogP contribution in [0.4, 0.5) is 5.69 Å². The third-order valence-corrected chi connectivity index (χ3v) is 4.83. The lowest BCUT2D eigenvalue weighted by molar-refractivity contribution is -0.385. The van der Waals surface area contributed by atoms with Gasteiger partial charge in [0, 0.05) is 18.1 Å². The molecule has 27 heavy (non-hydrogen) atoms. The van der Waals surface area contributed by atoms with Crippen LogP contribution in [0.3, 0.4) is 0 Å². The van der Waals surface area contributed by atoms with Crippen molar-refractivity contribution in [3.8, 4) is 17.2 Å². The smallest absolute Gasteiger partial charge is 0.276 e. The molecule has 2 aromatic carbocycles. The Morgan fingerprint density at radius 3 is 2.78 bits per heavy atom. The molecule has 1 aliphatic heterocycles. The van der Waals surface area contributed by atoms with Crippen LogP contribution in [0.1, 0.15) is 30.4 Å². The number of fused-ring (bicyclic) bond motifs is 1. The van der Waals surface area contributed by atoms with Gasteiger partial charge in [-0.25, -0.2) is 0 Å². The summed E-state index contributed by atoms with van der Waals surface area (Å²) in [5.74, 6) is 2.10. The van der Waals surface area contributed by atoms with Crippen molar-refractivity contribution in [2.24, 2.45) is 0 Å². The van der Waals surface area contributed by atoms with E-state index in [4.69, 9.17) is 14.2 Å². The molecule has 1 aliphatic rings. The maximum absolute atomic E-state index is 11.1. The molecule has 3 rings (SSSR count). The van der Waals surface area contributed by atoms with Gasteiger partial charge in [-0.3, -0.25) is 10.1 Å². The largest absolute Gasteiger partial charge is 0.497 e. The second-order valence-electron chi connectivity index (χ2n) is 6.72. The Balaban J connectivity index is 1.67. The summed E-state index contributed by atoms with van der Waals surface area (Å²) in [6.45, 7) is 5.67. The molecule has 1 radical (unpaired) electrons. The molecule has 0 fully saturated rings. The van der Waals surface area contributed by atoms with E-state index in [1.54, 1.807) is 26.2 Å². The lowest BCUT2D eigenvalue weighted by atomic mass is 9.98. The Bertz CT molecular complexity index is 820. The first-order valence-corrected chi connectivity index (χ1v) is 9.04. The fourth-order valence-electron chi connectivity index (χ4n) is 3.27. The molecule has 0 spiro atoms. The van der Waals surface area contributed by atoms with Crippen LogP contribution in [0.25, 0.3) is 0 Å². The van der Waals surface area contributed by atoms with E-state index in [1.807, 2.05) is 18.2 Å². The highest BCUT2D eigenvalue weighted by atomic mass is 16.6. The van der Waals surface area contributed by atoms with Gasteiger partial charge >= 0.3 is 0 Å². The van der Waals surface area contributed by atoms with Crippen molar-refractivity contribution in [2.75, 3.05) is 7.11 Å². The molecule has 0 bridgehead atoms. The fraction of sp³-hybridized carbons (Fsp3) is 0.381. The summed E-state index contributed by atoms with van der Waals surface area (Å²) in [5, 5.41) is 11.1. The summed E-state index contributed by atoms with van der Waals surface area (Å²) < 4.78 is 17.4. The molecule has 2 atom stereocenters. The third-order valence-electron chi connectivity index (χ3n) is 4.83. The highest BCUT2D eigenvalue weighted by Crippen LogP contribution is 2.33. The van der Waals surface area contributed by atoms with Gasteiger partial charge < -0.3 is 14.2 Å². The van der Waals surface area contributed by atoms with E-state index in [9.17, 15) is 10.1 Å². The van der Waals surface area contributed by atoms with Crippen molar-refractivity contribution in [1.29, 1.82) is 0 Å². The number of nitrogens with zero attached hydrogens (tertiary/aromatic N) is 1. The van der Waals surface area contributed by atoms with Gasteiger partial charge in [0.15, 0.2) is 0 Å². The summed E-state index contributed by atoms with van der Waals surface area (Å²) in [7, 11) is 1.63. The molecule has 2 aromatic rings. The minimum atomic E-state index is -0.393. The van der Waals surface area contributed by atoms with E-state index in [-0.39, 0.29) is 17.9 Å². The molecule has 0 aliphatic carbocycles. The molecule has 1 heterocycles. The number of aryl methyl sites for hydroxylation is 2. The van der Waals surface area contributed by atoms with E-state index in [2.05, 4.69) is 6.92 Å². The number of nitro groups is 1. The average molecular weight is 370 g/mol. The van der Waals surface area contributed by atoms with Crippen LogP contribution in [0.2, 0.25) is 0 Å². The summed E-state index contributed by atoms with van der Waals surface area (Å²) in [4.78, 5) is 10.7. The quantitative estimate of drug-likeness (QED) is 0.523. The lowest BCUT2D eigenvalue weighted by Crippen LogP contribution is -2.30. The highest BCUT2D eigenvalue weighted by Gasteiger charge is 2.24. The van der Waals surface area contributed by atoms with Crippen molar-refractivity contribution in [2.45, 2.75) is 44.8 Å². The van der Waals surface area contributed by atoms with E-state index < -0.39 is 4.92 Å². The van der Waals surface area contributed by atoms with Crippen molar-refractivity contribution < 1.29 is 19.1 Å². The number of nitro benzene ring substituents is 1. The molecule has 0 saturated heterocycles. The van der Waals surface area contributed by atoms with Crippen LogP contribution >= 0.6 is 0 Å². The molecule has 143 valence electrons. The normalized spacial score (nSPS) is 16.8. The minimum absolute atomic E-state index is 0.0109. The zero-order valence-corrected chi connectivity index (χ0v) is 15.6. The summed E-state index contributed by atoms with van der Waals surface area (Å²) in [6.07, 6.45) is 2.88.